The summed E-state index contributed by atoms with van der Waals surface area (Å²) in [6.07, 6.45) is 0.998. The number of hydrogen-bond acceptors (Lipinski definition) is 3. The third kappa shape index (κ3) is 4.65. The van der Waals surface area contributed by atoms with Gasteiger partial charge in [-0.1, -0.05) is 25.1 Å². The van der Waals surface area contributed by atoms with Crippen molar-refractivity contribution in [3.05, 3.63) is 54.1 Å². The standard InChI is InChI=1S/C16H19N3OS/c1-3-12-6-4-7-13(10-12)17-16(21)19-18-14-8-5-9-15(11-14)20-2/h4-11,18H,3H2,1-2H3,(H2,17,19,21). The first-order chi connectivity index (χ1) is 10.2. The van der Waals surface area contributed by atoms with Crippen LogP contribution >= 0.6 is 12.2 Å². The molecule has 0 fully saturated rings. The van der Waals surface area contributed by atoms with Crippen LogP contribution in [0.15, 0.2) is 48.5 Å². The Morgan fingerprint density at radius 2 is 1.86 bits per heavy atom. The number of methoxy groups -OCH3 is 1. The van der Waals surface area contributed by atoms with E-state index in [1.54, 1.807) is 7.11 Å². The van der Waals surface area contributed by atoms with Crippen molar-refractivity contribution in [2.45, 2.75) is 13.3 Å². The number of benzene rings is 2. The van der Waals surface area contributed by atoms with Crippen molar-refractivity contribution in [3.63, 3.8) is 0 Å². The van der Waals surface area contributed by atoms with Crippen LogP contribution in [-0.4, -0.2) is 12.2 Å². The van der Waals surface area contributed by atoms with Crippen LogP contribution in [0.25, 0.3) is 0 Å². The van der Waals surface area contributed by atoms with Gasteiger partial charge in [-0.15, -0.1) is 0 Å². The highest BCUT2D eigenvalue weighted by Gasteiger charge is 1.99. The van der Waals surface area contributed by atoms with Gasteiger partial charge in [0.05, 0.1) is 12.8 Å². The minimum absolute atomic E-state index is 0.506. The molecule has 0 aromatic heterocycles. The van der Waals surface area contributed by atoms with E-state index in [4.69, 9.17) is 17.0 Å². The molecule has 5 heteroatoms. The summed E-state index contributed by atoms with van der Waals surface area (Å²) in [5.41, 5.74) is 9.10. The highest BCUT2D eigenvalue weighted by molar-refractivity contribution is 7.80. The second kappa shape index (κ2) is 7.50. The Balaban J connectivity index is 1.89. The number of hydrogen-bond donors (Lipinski definition) is 3. The van der Waals surface area contributed by atoms with E-state index in [9.17, 15) is 0 Å². The molecule has 0 aliphatic rings. The summed E-state index contributed by atoms with van der Waals surface area (Å²) in [6.45, 7) is 2.13. The first kappa shape index (κ1) is 15.1. The molecule has 0 spiro atoms. The van der Waals surface area contributed by atoms with E-state index in [2.05, 4.69) is 35.2 Å². The van der Waals surface area contributed by atoms with Crippen LogP contribution in [0.5, 0.6) is 5.75 Å². The molecule has 0 saturated heterocycles. The Bertz CT molecular complexity index is 616. The number of anilines is 2. The lowest BCUT2D eigenvalue weighted by atomic mass is 10.1. The molecule has 4 nitrogen and oxygen atoms in total. The fraction of sp³-hybridized carbons (Fsp3) is 0.188. The van der Waals surface area contributed by atoms with Crippen LogP contribution in [0.3, 0.4) is 0 Å². The molecule has 2 rings (SSSR count). The maximum atomic E-state index is 5.26. The molecule has 0 aliphatic carbocycles. The van der Waals surface area contributed by atoms with E-state index in [1.165, 1.54) is 5.56 Å². The third-order valence-electron chi connectivity index (χ3n) is 2.98. The van der Waals surface area contributed by atoms with Gasteiger partial charge in [0.1, 0.15) is 5.75 Å². The third-order valence-corrected chi connectivity index (χ3v) is 3.19. The van der Waals surface area contributed by atoms with E-state index in [0.717, 1.165) is 23.5 Å². The normalized spacial score (nSPS) is 9.81. The van der Waals surface area contributed by atoms with Gasteiger partial charge in [0, 0.05) is 11.8 Å². The van der Waals surface area contributed by atoms with Gasteiger partial charge >= 0.3 is 0 Å². The van der Waals surface area contributed by atoms with Gasteiger partial charge in [0.2, 0.25) is 0 Å². The van der Waals surface area contributed by atoms with Crippen LogP contribution in [0.4, 0.5) is 11.4 Å². The quantitative estimate of drug-likeness (QED) is 0.582. The van der Waals surface area contributed by atoms with Crippen LogP contribution in [0.1, 0.15) is 12.5 Å². The molecule has 0 radical (unpaired) electrons. The molecular weight excluding hydrogens is 282 g/mol. The van der Waals surface area contributed by atoms with E-state index >= 15 is 0 Å². The number of aryl methyl sites for hydroxylation is 1. The zero-order valence-electron chi connectivity index (χ0n) is 12.1. The molecule has 0 amide bonds. The molecule has 0 aliphatic heterocycles. The van der Waals surface area contributed by atoms with Crippen molar-refractivity contribution >= 4 is 28.7 Å². The van der Waals surface area contributed by atoms with Crippen LogP contribution < -0.4 is 20.9 Å². The molecule has 0 saturated carbocycles. The van der Waals surface area contributed by atoms with Gasteiger partial charge in [0.15, 0.2) is 5.11 Å². The van der Waals surface area contributed by atoms with E-state index in [-0.39, 0.29) is 0 Å². The molecule has 0 unspecified atom stereocenters. The van der Waals surface area contributed by atoms with E-state index in [1.807, 2.05) is 36.4 Å². The number of ether oxygens (including phenoxy) is 1. The summed E-state index contributed by atoms with van der Waals surface area (Å²) < 4.78 is 5.17. The predicted octanol–water partition coefficient (Wildman–Crippen LogP) is 3.57. The number of hydrazine groups is 1. The molecular formula is C16H19N3OS. The Hall–Kier alpha value is -2.27. The smallest absolute Gasteiger partial charge is 0.189 e. The van der Waals surface area contributed by atoms with Crippen molar-refractivity contribution in [1.82, 2.24) is 5.43 Å². The van der Waals surface area contributed by atoms with Crippen molar-refractivity contribution in [2.75, 3.05) is 17.9 Å². The molecule has 0 atom stereocenters. The molecule has 0 bridgehead atoms. The zero-order valence-corrected chi connectivity index (χ0v) is 13.0. The van der Waals surface area contributed by atoms with Gasteiger partial charge in [0.25, 0.3) is 0 Å². The SMILES string of the molecule is CCc1cccc(NC(=S)NNc2cccc(OC)c2)c1. The van der Waals surface area contributed by atoms with Crippen LogP contribution in [-0.2, 0) is 6.42 Å². The Morgan fingerprint density at radius 1 is 1.10 bits per heavy atom. The number of thiocarbonyl (C=S) groups is 1. The van der Waals surface area contributed by atoms with Crippen LogP contribution in [0.2, 0.25) is 0 Å². The lowest BCUT2D eigenvalue weighted by molar-refractivity contribution is 0.415. The Kier molecular flexibility index (Phi) is 5.40. The molecule has 110 valence electrons. The maximum Gasteiger partial charge on any atom is 0.189 e. The summed E-state index contributed by atoms with van der Waals surface area (Å²) in [6, 6.07) is 15.8. The van der Waals surface area contributed by atoms with Gasteiger partial charge in [-0.2, -0.15) is 0 Å². The molecule has 3 N–H and O–H groups in total. The van der Waals surface area contributed by atoms with Crippen molar-refractivity contribution in [2.24, 2.45) is 0 Å². The summed E-state index contributed by atoms with van der Waals surface area (Å²) in [5.74, 6) is 0.788. The average Bonchev–Trinajstić information content (AvgIpc) is 2.53. The summed E-state index contributed by atoms with van der Waals surface area (Å²) in [5, 5.41) is 3.65. The lowest BCUT2D eigenvalue weighted by Gasteiger charge is -2.13. The largest absolute Gasteiger partial charge is 0.497 e. The minimum atomic E-state index is 0.506. The molecule has 2 aromatic carbocycles. The van der Waals surface area contributed by atoms with Crippen molar-refractivity contribution in [1.29, 1.82) is 0 Å². The zero-order chi connectivity index (χ0) is 15.1. The number of rotatable bonds is 5. The molecule has 2 aromatic rings. The average molecular weight is 301 g/mol. The monoisotopic (exact) mass is 301 g/mol. The minimum Gasteiger partial charge on any atom is -0.497 e. The van der Waals surface area contributed by atoms with Gasteiger partial charge in [-0.3, -0.25) is 10.9 Å². The second-order valence-corrected chi connectivity index (χ2v) is 4.90. The summed E-state index contributed by atoms with van der Waals surface area (Å²) in [4.78, 5) is 0. The first-order valence-electron chi connectivity index (χ1n) is 6.77. The van der Waals surface area contributed by atoms with Gasteiger partial charge in [-0.25, -0.2) is 0 Å². The molecule has 0 heterocycles. The lowest BCUT2D eigenvalue weighted by Crippen LogP contribution is -2.33. The predicted molar refractivity (Wildman–Crippen MR) is 91.8 cm³/mol. The van der Waals surface area contributed by atoms with Crippen molar-refractivity contribution in [3.8, 4) is 5.75 Å². The highest BCUT2D eigenvalue weighted by atomic mass is 32.1. The topological polar surface area (TPSA) is 45.3 Å². The fourth-order valence-corrected chi connectivity index (χ4v) is 2.03. The molecule has 21 heavy (non-hydrogen) atoms. The Morgan fingerprint density at radius 3 is 2.62 bits per heavy atom. The number of nitrogens with one attached hydrogen (secondary N) is 3. The Labute approximate surface area is 130 Å². The summed E-state index contributed by atoms with van der Waals surface area (Å²) >= 11 is 5.26. The van der Waals surface area contributed by atoms with E-state index < -0.39 is 0 Å². The second-order valence-electron chi connectivity index (χ2n) is 4.49. The maximum absolute atomic E-state index is 5.26. The summed E-state index contributed by atoms with van der Waals surface area (Å²) in [7, 11) is 1.64. The fourth-order valence-electron chi connectivity index (χ4n) is 1.86. The van der Waals surface area contributed by atoms with E-state index in [0.29, 0.717) is 5.11 Å². The first-order valence-corrected chi connectivity index (χ1v) is 7.18. The highest BCUT2D eigenvalue weighted by Crippen LogP contribution is 2.16. The van der Waals surface area contributed by atoms with Crippen molar-refractivity contribution < 1.29 is 4.74 Å². The van der Waals surface area contributed by atoms with Gasteiger partial charge < -0.3 is 10.1 Å². The van der Waals surface area contributed by atoms with Gasteiger partial charge in [-0.05, 0) is 48.5 Å². The van der Waals surface area contributed by atoms with Crippen LogP contribution in [0, 0.1) is 0 Å².